The molecule has 0 unspecified atom stereocenters. The third-order valence-corrected chi connectivity index (χ3v) is 2.29. The van der Waals surface area contributed by atoms with Crippen LogP contribution >= 0.6 is 0 Å². The van der Waals surface area contributed by atoms with E-state index in [4.69, 9.17) is 9.94 Å². The van der Waals surface area contributed by atoms with Gasteiger partial charge in [0.1, 0.15) is 6.61 Å². The summed E-state index contributed by atoms with van der Waals surface area (Å²) in [5.41, 5.74) is 1.72. The summed E-state index contributed by atoms with van der Waals surface area (Å²) in [5, 5.41) is 14.6. The first-order valence-electron chi connectivity index (χ1n) is 5.74. The number of amides is 1. The molecule has 0 atom stereocenters. The summed E-state index contributed by atoms with van der Waals surface area (Å²) in [4.78, 5) is 11.6. The average Bonchev–Trinajstić information content (AvgIpc) is 2.36. The Hall–Kier alpha value is -1.88. The maximum absolute atomic E-state index is 11.6. The number of ether oxygens (including phenoxy) is 1. The first-order chi connectivity index (χ1) is 8.54. The molecule has 18 heavy (non-hydrogen) atoms. The van der Waals surface area contributed by atoms with Crippen molar-refractivity contribution < 1.29 is 14.7 Å². The molecule has 0 aliphatic carbocycles. The lowest BCUT2D eigenvalue weighted by Crippen LogP contribution is -2.21. The Morgan fingerprint density at radius 1 is 1.44 bits per heavy atom. The summed E-state index contributed by atoms with van der Waals surface area (Å²) in [6, 6.07) is 7.13. The summed E-state index contributed by atoms with van der Waals surface area (Å²) in [6.07, 6.45) is 0.00624. The largest absolute Gasteiger partial charge is 0.411 e. The second-order valence-corrected chi connectivity index (χ2v) is 4.14. The van der Waals surface area contributed by atoms with Gasteiger partial charge in [-0.2, -0.15) is 0 Å². The standard InChI is InChI=1S/C13H18N2O3/c1-9(2)18-8-13(16)14-12-7-5-4-6-11(12)10(3)15-17/h4-7,9,17H,8H2,1-3H3,(H,14,16)/b15-10+. The van der Waals surface area contributed by atoms with Crippen LogP contribution in [0.25, 0.3) is 0 Å². The Morgan fingerprint density at radius 2 is 2.11 bits per heavy atom. The normalized spacial score (nSPS) is 11.7. The van der Waals surface area contributed by atoms with Gasteiger partial charge in [-0.25, -0.2) is 0 Å². The van der Waals surface area contributed by atoms with E-state index in [1.165, 1.54) is 0 Å². The van der Waals surface area contributed by atoms with Crippen LogP contribution in [0.3, 0.4) is 0 Å². The zero-order valence-electron chi connectivity index (χ0n) is 10.8. The van der Waals surface area contributed by atoms with Crippen molar-refractivity contribution >= 4 is 17.3 Å². The highest BCUT2D eigenvalue weighted by atomic mass is 16.5. The van der Waals surface area contributed by atoms with Crippen LogP contribution in [0.1, 0.15) is 26.3 Å². The number of hydrogen-bond acceptors (Lipinski definition) is 4. The second kappa shape index (κ2) is 6.76. The van der Waals surface area contributed by atoms with Gasteiger partial charge in [-0.05, 0) is 26.8 Å². The van der Waals surface area contributed by atoms with Crippen molar-refractivity contribution in [2.45, 2.75) is 26.9 Å². The fourth-order valence-corrected chi connectivity index (χ4v) is 1.39. The van der Waals surface area contributed by atoms with E-state index in [2.05, 4.69) is 10.5 Å². The molecule has 5 nitrogen and oxygen atoms in total. The lowest BCUT2D eigenvalue weighted by Gasteiger charge is -2.11. The van der Waals surface area contributed by atoms with Gasteiger partial charge in [0.25, 0.3) is 0 Å². The average molecular weight is 250 g/mol. The number of para-hydroxylation sites is 1. The molecule has 2 N–H and O–H groups in total. The number of oxime groups is 1. The number of carbonyl (C=O) groups is 1. The van der Waals surface area contributed by atoms with Crippen molar-refractivity contribution in [2.75, 3.05) is 11.9 Å². The van der Waals surface area contributed by atoms with Crippen LogP contribution in [0, 0.1) is 0 Å². The predicted molar refractivity (Wildman–Crippen MR) is 70.2 cm³/mol. The number of hydrogen-bond donors (Lipinski definition) is 2. The van der Waals surface area contributed by atoms with E-state index in [1.807, 2.05) is 19.9 Å². The summed E-state index contributed by atoms with van der Waals surface area (Å²) >= 11 is 0. The third-order valence-electron chi connectivity index (χ3n) is 2.29. The number of carbonyl (C=O) groups excluding carboxylic acids is 1. The zero-order chi connectivity index (χ0) is 13.5. The van der Waals surface area contributed by atoms with E-state index in [0.29, 0.717) is 17.0 Å². The van der Waals surface area contributed by atoms with Crippen molar-refractivity contribution in [2.24, 2.45) is 5.16 Å². The van der Waals surface area contributed by atoms with Crippen molar-refractivity contribution in [1.82, 2.24) is 0 Å². The highest BCUT2D eigenvalue weighted by molar-refractivity contribution is 6.06. The summed E-state index contributed by atoms with van der Waals surface area (Å²) in [5.74, 6) is -0.234. The number of anilines is 1. The maximum atomic E-state index is 11.6. The molecule has 98 valence electrons. The molecule has 0 heterocycles. The maximum Gasteiger partial charge on any atom is 0.250 e. The van der Waals surface area contributed by atoms with Crippen LogP contribution in [0.5, 0.6) is 0 Å². The number of nitrogens with one attached hydrogen (secondary N) is 1. The fourth-order valence-electron chi connectivity index (χ4n) is 1.39. The first-order valence-corrected chi connectivity index (χ1v) is 5.74. The van der Waals surface area contributed by atoms with Gasteiger partial charge in [0, 0.05) is 11.3 Å². The molecular formula is C13H18N2O3. The minimum Gasteiger partial charge on any atom is -0.411 e. The van der Waals surface area contributed by atoms with Crippen molar-refractivity contribution in [3.8, 4) is 0 Å². The monoisotopic (exact) mass is 250 g/mol. The Morgan fingerprint density at radius 3 is 2.72 bits per heavy atom. The molecule has 0 spiro atoms. The Balaban J connectivity index is 2.75. The summed E-state index contributed by atoms with van der Waals surface area (Å²) in [6.45, 7) is 5.39. The Kier molecular flexibility index (Phi) is 5.32. The molecule has 0 fully saturated rings. The minimum atomic E-state index is -0.234. The van der Waals surface area contributed by atoms with E-state index in [0.717, 1.165) is 0 Å². The Bertz CT molecular complexity index is 442. The van der Waals surface area contributed by atoms with E-state index in [-0.39, 0.29) is 18.6 Å². The lowest BCUT2D eigenvalue weighted by molar-refractivity contribution is -0.121. The van der Waals surface area contributed by atoms with Gasteiger partial charge >= 0.3 is 0 Å². The highest BCUT2D eigenvalue weighted by Crippen LogP contribution is 2.15. The van der Waals surface area contributed by atoms with Crippen LogP contribution in [-0.2, 0) is 9.53 Å². The van der Waals surface area contributed by atoms with Crippen LogP contribution < -0.4 is 5.32 Å². The number of nitrogens with zero attached hydrogens (tertiary/aromatic N) is 1. The minimum absolute atomic E-state index is 0.00131. The molecule has 1 aromatic carbocycles. The zero-order valence-corrected chi connectivity index (χ0v) is 10.8. The van der Waals surface area contributed by atoms with Crippen LogP contribution in [-0.4, -0.2) is 29.5 Å². The molecule has 0 aromatic heterocycles. The number of rotatable bonds is 5. The topological polar surface area (TPSA) is 70.9 Å². The van der Waals surface area contributed by atoms with Crippen LogP contribution in [0.4, 0.5) is 5.69 Å². The molecule has 0 saturated carbocycles. The smallest absolute Gasteiger partial charge is 0.250 e. The number of benzene rings is 1. The SMILES string of the molecule is C/C(=N\O)c1ccccc1NC(=O)COC(C)C. The highest BCUT2D eigenvalue weighted by Gasteiger charge is 2.09. The van der Waals surface area contributed by atoms with Gasteiger partial charge in [-0.3, -0.25) is 4.79 Å². The molecule has 0 aliphatic rings. The van der Waals surface area contributed by atoms with Gasteiger partial charge in [-0.15, -0.1) is 0 Å². The van der Waals surface area contributed by atoms with Gasteiger partial charge < -0.3 is 15.3 Å². The van der Waals surface area contributed by atoms with Crippen molar-refractivity contribution in [1.29, 1.82) is 0 Å². The molecular weight excluding hydrogens is 232 g/mol. The van der Waals surface area contributed by atoms with Crippen LogP contribution in [0.2, 0.25) is 0 Å². The van der Waals surface area contributed by atoms with E-state index in [9.17, 15) is 4.79 Å². The van der Waals surface area contributed by atoms with Gasteiger partial charge in [0.05, 0.1) is 11.8 Å². The summed E-state index contributed by atoms with van der Waals surface area (Å²) in [7, 11) is 0. The molecule has 1 rings (SSSR count). The van der Waals surface area contributed by atoms with Gasteiger partial charge in [0.15, 0.2) is 0 Å². The predicted octanol–water partition coefficient (Wildman–Crippen LogP) is 2.25. The quantitative estimate of drug-likeness (QED) is 0.478. The van der Waals surface area contributed by atoms with Crippen molar-refractivity contribution in [3.63, 3.8) is 0 Å². The fraction of sp³-hybridized carbons (Fsp3) is 0.385. The molecule has 0 radical (unpaired) electrons. The molecule has 0 saturated heterocycles. The lowest BCUT2D eigenvalue weighted by atomic mass is 10.1. The molecule has 5 heteroatoms. The molecule has 1 aromatic rings. The Labute approximate surface area is 106 Å². The molecule has 0 aliphatic heterocycles. The van der Waals surface area contributed by atoms with Crippen LogP contribution in [0.15, 0.2) is 29.4 Å². The molecule has 0 bridgehead atoms. The summed E-state index contributed by atoms with van der Waals surface area (Å²) < 4.78 is 5.21. The first kappa shape index (κ1) is 14.2. The van der Waals surface area contributed by atoms with Gasteiger partial charge in [0.2, 0.25) is 5.91 Å². The van der Waals surface area contributed by atoms with E-state index in [1.54, 1.807) is 25.1 Å². The van der Waals surface area contributed by atoms with E-state index >= 15 is 0 Å². The van der Waals surface area contributed by atoms with Gasteiger partial charge in [-0.1, -0.05) is 23.4 Å². The molecule has 1 amide bonds. The van der Waals surface area contributed by atoms with Crippen molar-refractivity contribution in [3.05, 3.63) is 29.8 Å². The second-order valence-electron chi connectivity index (χ2n) is 4.14. The third kappa shape index (κ3) is 4.18. The van der Waals surface area contributed by atoms with E-state index < -0.39 is 0 Å².